The Balaban J connectivity index is 1.99. The Morgan fingerprint density at radius 2 is 2.12 bits per heavy atom. The number of fused-ring (bicyclic) bond motifs is 2. The molecule has 2 atom stereocenters. The van der Waals surface area contributed by atoms with Gasteiger partial charge in [-0.2, -0.15) is 0 Å². The van der Waals surface area contributed by atoms with Gasteiger partial charge >= 0.3 is 0 Å². The highest BCUT2D eigenvalue weighted by molar-refractivity contribution is 5.34. The predicted octanol–water partition coefficient (Wildman–Crippen LogP) is 1.18. The summed E-state index contributed by atoms with van der Waals surface area (Å²) in [5.74, 6) is 1.19. The summed E-state index contributed by atoms with van der Waals surface area (Å²) in [5.41, 5.74) is 9.36. The number of aryl methyl sites for hydroxylation is 1. The number of aromatic nitrogens is 2. The summed E-state index contributed by atoms with van der Waals surface area (Å²) in [4.78, 5) is 11.2. The first-order valence-electron chi connectivity index (χ1n) is 6.47. The van der Waals surface area contributed by atoms with Gasteiger partial charge in [-0.05, 0) is 57.7 Å². The molecule has 1 aromatic rings. The molecule has 2 aliphatic rings. The number of hydrogen-bond acceptors (Lipinski definition) is 4. The van der Waals surface area contributed by atoms with Crippen molar-refractivity contribution in [3.63, 3.8) is 0 Å². The molecule has 0 aromatic carbocycles. The van der Waals surface area contributed by atoms with Gasteiger partial charge in [-0.25, -0.2) is 9.97 Å². The van der Waals surface area contributed by atoms with Gasteiger partial charge in [0.15, 0.2) is 0 Å². The Morgan fingerprint density at radius 1 is 1.29 bits per heavy atom. The van der Waals surface area contributed by atoms with E-state index in [0.717, 1.165) is 24.5 Å². The van der Waals surface area contributed by atoms with Crippen LogP contribution in [-0.2, 0) is 12.8 Å². The number of nitrogen functional groups attached to an aromatic ring is 1. The monoisotopic (exact) mass is 232 g/mol. The second kappa shape index (κ2) is 3.95. The summed E-state index contributed by atoms with van der Waals surface area (Å²) in [6.07, 6.45) is 4.82. The lowest BCUT2D eigenvalue weighted by atomic mass is 9.77. The summed E-state index contributed by atoms with van der Waals surface area (Å²) in [6, 6.07) is 0.683. The minimum absolute atomic E-state index is 0.434. The van der Waals surface area contributed by atoms with Gasteiger partial charge in [0.1, 0.15) is 0 Å². The molecule has 3 rings (SSSR count). The second-order valence-corrected chi connectivity index (χ2v) is 5.45. The van der Waals surface area contributed by atoms with Crippen molar-refractivity contribution in [3.05, 3.63) is 17.0 Å². The lowest BCUT2D eigenvalue weighted by Gasteiger charge is -2.42. The molecule has 0 spiro atoms. The van der Waals surface area contributed by atoms with Crippen molar-refractivity contribution in [1.82, 2.24) is 14.9 Å². The molecule has 0 saturated carbocycles. The topological polar surface area (TPSA) is 55.0 Å². The van der Waals surface area contributed by atoms with Crippen molar-refractivity contribution in [3.8, 4) is 0 Å². The van der Waals surface area contributed by atoms with Crippen LogP contribution in [0.25, 0.3) is 0 Å². The van der Waals surface area contributed by atoms with Crippen LogP contribution in [0, 0.1) is 12.8 Å². The van der Waals surface area contributed by atoms with Crippen LogP contribution in [0.15, 0.2) is 0 Å². The first kappa shape index (κ1) is 11.0. The fourth-order valence-corrected chi connectivity index (χ4v) is 3.45. The first-order chi connectivity index (χ1) is 8.15. The first-order valence-corrected chi connectivity index (χ1v) is 6.47. The van der Waals surface area contributed by atoms with E-state index in [1.54, 1.807) is 0 Å². The summed E-state index contributed by atoms with van der Waals surface area (Å²) >= 11 is 0. The average molecular weight is 232 g/mol. The van der Waals surface area contributed by atoms with Gasteiger partial charge in [0.25, 0.3) is 0 Å². The smallest absolute Gasteiger partial charge is 0.220 e. The third-order valence-electron chi connectivity index (χ3n) is 4.38. The molecule has 92 valence electrons. The maximum absolute atomic E-state index is 5.75. The molecule has 1 aromatic heterocycles. The van der Waals surface area contributed by atoms with Crippen molar-refractivity contribution in [2.45, 2.75) is 38.6 Å². The van der Waals surface area contributed by atoms with E-state index in [-0.39, 0.29) is 0 Å². The molecule has 2 N–H and O–H groups in total. The average Bonchev–Trinajstić information content (AvgIpc) is 2.27. The minimum atomic E-state index is 0.434. The van der Waals surface area contributed by atoms with Crippen molar-refractivity contribution in [2.75, 3.05) is 19.3 Å². The molecule has 17 heavy (non-hydrogen) atoms. The van der Waals surface area contributed by atoms with E-state index in [9.17, 15) is 0 Å². The Morgan fingerprint density at radius 3 is 2.94 bits per heavy atom. The van der Waals surface area contributed by atoms with Crippen LogP contribution in [-0.4, -0.2) is 34.5 Å². The number of anilines is 1. The van der Waals surface area contributed by atoms with Gasteiger partial charge in [0.2, 0.25) is 5.95 Å². The van der Waals surface area contributed by atoms with Crippen molar-refractivity contribution in [1.29, 1.82) is 0 Å². The maximum Gasteiger partial charge on any atom is 0.220 e. The predicted molar refractivity (Wildman–Crippen MR) is 67.7 cm³/mol. The highest BCUT2D eigenvalue weighted by Gasteiger charge is 2.35. The van der Waals surface area contributed by atoms with E-state index in [1.807, 2.05) is 0 Å². The molecule has 2 heterocycles. The van der Waals surface area contributed by atoms with Crippen LogP contribution in [0.5, 0.6) is 0 Å². The third kappa shape index (κ3) is 1.80. The maximum atomic E-state index is 5.75. The largest absolute Gasteiger partial charge is 0.368 e. The van der Waals surface area contributed by atoms with Crippen LogP contribution in [0.2, 0.25) is 0 Å². The minimum Gasteiger partial charge on any atom is -0.368 e. The number of nitrogens with two attached hydrogens (primary N) is 1. The number of piperidine rings is 1. The number of rotatable bonds is 0. The van der Waals surface area contributed by atoms with Gasteiger partial charge in [-0.15, -0.1) is 0 Å². The quantitative estimate of drug-likeness (QED) is 0.729. The molecule has 4 nitrogen and oxygen atoms in total. The lowest BCUT2D eigenvalue weighted by molar-refractivity contribution is 0.111. The number of likely N-dealkylation sites (N-methyl/N-ethyl adjacent to an activating group) is 1. The molecule has 0 radical (unpaired) electrons. The Bertz CT molecular complexity index is 443. The van der Waals surface area contributed by atoms with E-state index >= 15 is 0 Å². The zero-order chi connectivity index (χ0) is 12.0. The summed E-state index contributed by atoms with van der Waals surface area (Å²) in [5, 5.41) is 0. The van der Waals surface area contributed by atoms with E-state index in [1.165, 1.54) is 30.6 Å². The lowest BCUT2D eigenvalue weighted by Crippen LogP contribution is -2.47. The molecule has 1 aliphatic carbocycles. The normalized spacial score (nSPS) is 28.6. The molecule has 0 bridgehead atoms. The van der Waals surface area contributed by atoms with Crippen LogP contribution in [0.1, 0.15) is 29.8 Å². The second-order valence-electron chi connectivity index (χ2n) is 5.45. The van der Waals surface area contributed by atoms with E-state index < -0.39 is 0 Å². The third-order valence-corrected chi connectivity index (χ3v) is 4.38. The Kier molecular flexibility index (Phi) is 2.54. The van der Waals surface area contributed by atoms with E-state index in [0.29, 0.717) is 12.0 Å². The molecular formula is C13H20N4. The van der Waals surface area contributed by atoms with Gasteiger partial charge in [-0.1, -0.05) is 0 Å². The van der Waals surface area contributed by atoms with E-state index in [2.05, 4.69) is 28.8 Å². The van der Waals surface area contributed by atoms with Crippen molar-refractivity contribution < 1.29 is 0 Å². The standard InChI is InChI=1S/C13H20N4/c1-8-10-7-12-9(4-3-5-17(12)2)6-11(10)16-13(14)15-8/h9,12H,3-7H2,1-2H3,(H2,14,15,16)/t9-,12-/m1/s1. The number of hydrogen-bond donors (Lipinski definition) is 1. The molecule has 1 fully saturated rings. The fourth-order valence-electron chi connectivity index (χ4n) is 3.45. The zero-order valence-electron chi connectivity index (χ0n) is 10.6. The zero-order valence-corrected chi connectivity index (χ0v) is 10.6. The Hall–Kier alpha value is -1.16. The van der Waals surface area contributed by atoms with Crippen molar-refractivity contribution >= 4 is 5.95 Å². The Labute approximate surface area is 102 Å². The van der Waals surface area contributed by atoms with Crippen molar-refractivity contribution in [2.24, 2.45) is 5.92 Å². The fraction of sp³-hybridized carbons (Fsp3) is 0.692. The van der Waals surface area contributed by atoms with Gasteiger partial charge in [0.05, 0.1) is 0 Å². The molecule has 0 amide bonds. The molecule has 0 unspecified atom stereocenters. The van der Waals surface area contributed by atoms with E-state index in [4.69, 9.17) is 5.73 Å². The molecule has 4 heteroatoms. The number of nitrogens with zero attached hydrogens (tertiary/aromatic N) is 3. The molecule has 1 aliphatic heterocycles. The summed E-state index contributed by atoms with van der Waals surface area (Å²) in [6.45, 7) is 3.28. The van der Waals surface area contributed by atoms with Crippen LogP contribution in [0.3, 0.4) is 0 Å². The highest BCUT2D eigenvalue weighted by atomic mass is 15.1. The van der Waals surface area contributed by atoms with Crippen LogP contribution < -0.4 is 5.73 Å². The number of likely N-dealkylation sites (tertiary alicyclic amines) is 1. The van der Waals surface area contributed by atoms with Crippen LogP contribution in [0.4, 0.5) is 5.95 Å². The molecule has 1 saturated heterocycles. The SMILES string of the molecule is Cc1nc(N)nc2c1C[C@@H]1[C@H](CCCN1C)C2. The molecular weight excluding hydrogens is 212 g/mol. The van der Waals surface area contributed by atoms with Crippen LogP contribution >= 0.6 is 0 Å². The van der Waals surface area contributed by atoms with Gasteiger partial charge < -0.3 is 10.6 Å². The van der Waals surface area contributed by atoms with Gasteiger partial charge in [0, 0.05) is 17.4 Å². The summed E-state index contributed by atoms with van der Waals surface area (Å²) in [7, 11) is 2.25. The highest BCUT2D eigenvalue weighted by Crippen LogP contribution is 2.34. The van der Waals surface area contributed by atoms with Gasteiger partial charge in [-0.3, -0.25) is 0 Å². The summed E-state index contributed by atoms with van der Waals surface area (Å²) < 4.78 is 0.